The molecule has 2 aromatic rings. The van der Waals surface area contributed by atoms with Gasteiger partial charge >= 0.3 is 11.9 Å². The Bertz CT molecular complexity index is 1270. The van der Waals surface area contributed by atoms with Gasteiger partial charge in [0.2, 0.25) is 0 Å². The maximum Gasteiger partial charge on any atom is 0.334 e. The molecule has 3 atom stereocenters. The summed E-state index contributed by atoms with van der Waals surface area (Å²) >= 11 is 0. The molecular formula is C37H48O6. The Morgan fingerprint density at radius 2 is 1.37 bits per heavy atom. The molecule has 6 nitrogen and oxygen atoms in total. The number of furan rings is 2. The van der Waals surface area contributed by atoms with Crippen LogP contribution in [0.5, 0.6) is 0 Å². The van der Waals surface area contributed by atoms with E-state index in [1.165, 1.54) is 6.08 Å². The molecule has 0 aromatic carbocycles. The third-order valence-electron chi connectivity index (χ3n) is 11.3. The highest BCUT2D eigenvalue weighted by molar-refractivity contribution is 5.87. The van der Waals surface area contributed by atoms with Gasteiger partial charge in [0, 0.05) is 41.2 Å². The van der Waals surface area contributed by atoms with Gasteiger partial charge < -0.3 is 18.3 Å². The van der Waals surface area contributed by atoms with Gasteiger partial charge in [-0.05, 0) is 89.0 Å². The maximum atomic E-state index is 13.2. The molecule has 4 aliphatic rings. The Morgan fingerprint density at radius 1 is 0.791 bits per heavy atom. The molecule has 43 heavy (non-hydrogen) atoms. The fourth-order valence-electron chi connectivity index (χ4n) is 9.33. The number of rotatable bonds is 11. The summed E-state index contributed by atoms with van der Waals surface area (Å²) in [6, 6.07) is 8.09. The van der Waals surface area contributed by atoms with E-state index in [4.69, 9.17) is 18.3 Å². The Morgan fingerprint density at radius 3 is 1.88 bits per heavy atom. The molecular weight excluding hydrogens is 540 g/mol. The molecule has 4 saturated carbocycles. The van der Waals surface area contributed by atoms with E-state index in [0.717, 1.165) is 114 Å². The Kier molecular flexibility index (Phi) is 8.75. The van der Waals surface area contributed by atoms with Crippen molar-refractivity contribution in [3.05, 3.63) is 72.6 Å². The van der Waals surface area contributed by atoms with Crippen LogP contribution >= 0.6 is 0 Å². The summed E-state index contributed by atoms with van der Waals surface area (Å²) in [6.45, 7) is 9.33. The predicted molar refractivity (Wildman–Crippen MR) is 164 cm³/mol. The molecule has 0 bridgehead atoms. The van der Waals surface area contributed by atoms with Gasteiger partial charge in [-0.3, -0.25) is 0 Å². The first-order valence-corrected chi connectivity index (χ1v) is 16.8. The Balaban J connectivity index is 1.33. The molecule has 0 aliphatic heterocycles. The first-order valence-electron chi connectivity index (χ1n) is 16.8. The van der Waals surface area contributed by atoms with E-state index in [9.17, 15) is 9.59 Å². The lowest BCUT2D eigenvalue weighted by Gasteiger charge is -2.42. The molecule has 0 N–H and O–H groups in total. The fraction of sp³-hybridized carbons (Fsp3) is 0.622. The van der Waals surface area contributed by atoms with Crippen molar-refractivity contribution >= 4 is 11.9 Å². The lowest BCUT2D eigenvalue weighted by Crippen LogP contribution is -2.45. The van der Waals surface area contributed by atoms with E-state index in [1.54, 1.807) is 13.2 Å². The Hall–Kier alpha value is -3.02. The summed E-state index contributed by atoms with van der Waals surface area (Å²) in [6.07, 6.45) is 18.7. The van der Waals surface area contributed by atoms with Crippen LogP contribution in [-0.2, 0) is 30.3 Å². The van der Waals surface area contributed by atoms with Crippen molar-refractivity contribution in [1.82, 2.24) is 0 Å². The van der Waals surface area contributed by atoms with Crippen molar-refractivity contribution in [3.63, 3.8) is 0 Å². The van der Waals surface area contributed by atoms with Gasteiger partial charge in [0.25, 0.3) is 0 Å². The monoisotopic (exact) mass is 588 g/mol. The Labute approximate surface area is 256 Å². The van der Waals surface area contributed by atoms with Crippen molar-refractivity contribution in [1.29, 1.82) is 0 Å². The second kappa shape index (κ2) is 12.5. The van der Waals surface area contributed by atoms with E-state index in [1.807, 2.05) is 12.1 Å². The minimum atomic E-state index is -0.822. The van der Waals surface area contributed by atoms with Gasteiger partial charge in [0.05, 0.1) is 6.26 Å². The molecule has 4 aliphatic carbocycles. The average Bonchev–Trinajstić information content (AvgIpc) is 3.87. The summed E-state index contributed by atoms with van der Waals surface area (Å²) < 4.78 is 25.9. The molecule has 0 amide bonds. The van der Waals surface area contributed by atoms with Crippen LogP contribution < -0.4 is 0 Å². The van der Waals surface area contributed by atoms with Gasteiger partial charge in [-0.15, -0.1) is 0 Å². The van der Waals surface area contributed by atoms with Crippen LogP contribution in [0.1, 0.15) is 126 Å². The SMILES string of the molecule is C=CC(=O)OC(c1ccc(C2CCC(C(OC(=O)C(=C)C)(c3ccco3)C3CCCC3)C2)o1)(C1CCCC1)C1CCCC1. The number of hydrogen-bond acceptors (Lipinski definition) is 6. The van der Waals surface area contributed by atoms with E-state index >= 15 is 0 Å². The zero-order chi connectivity index (χ0) is 30.0. The van der Waals surface area contributed by atoms with Crippen molar-refractivity contribution < 1.29 is 27.9 Å². The van der Waals surface area contributed by atoms with Crippen molar-refractivity contribution in [2.45, 2.75) is 120 Å². The standard InChI is InChI=1S/C37H48O6/c1-4-34(38)42-36(27-12-5-6-13-27,28-14-7-8-15-28)33-22-21-31(41-33)26-19-20-30(24-26)37(29-16-9-10-17-29,32-18-11-23-40-32)43-35(39)25(2)3/h4,11,18,21-23,26-30H,1-2,5-10,12-17,19-20,24H2,3H3. The molecule has 2 heterocycles. The molecule has 0 radical (unpaired) electrons. The smallest absolute Gasteiger partial charge is 0.334 e. The molecule has 0 spiro atoms. The number of ether oxygens (including phenoxy) is 2. The number of hydrogen-bond donors (Lipinski definition) is 0. The number of carbonyl (C=O) groups excluding carboxylic acids is 2. The summed E-state index contributed by atoms with van der Waals surface area (Å²) in [5, 5.41) is 0. The third kappa shape index (κ3) is 5.44. The van der Waals surface area contributed by atoms with Crippen LogP contribution in [0.25, 0.3) is 0 Å². The minimum Gasteiger partial charge on any atom is -0.465 e. The molecule has 6 heteroatoms. The highest BCUT2D eigenvalue weighted by Gasteiger charge is 2.56. The first-order chi connectivity index (χ1) is 20.9. The van der Waals surface area contributed by atoms with Crippen LogP contribution in [0.4, 0.5) is 0 Å². The topological polar surface area (TPSA) is 78.9 Å². The largest absolute Gasteiger partial charge is 0.465 e. The lowest BCUT2D eigenvalue weighted by molar-refractivity contribution is -0.178. The summed E-state index contributed by atoms with van der Waals surface area (Å²) in [5.41, 5.74) is -1.16. The van der Waals surface area contributed by atoms with Crippen LogP contribution in [0.3, 0.4) is 0 Å². The fourth-order valence-corrected chi connectivity index (χ4v) is 9.33. The average molecular weight is 589 g/mol. The van der Waals surface area contributed by atoms with Crippen molar-refractivity contribution in [2.75, 3.05) is 0 Å². The van der Waals surface area contributed by atoms with Gasteiger partial charge in [-0.1, -0.05) is 51.7 Å². The van der Waals surface area contributed by atoms with Gasteiger partial charge in [0.1, 0.15) is 17.3 Å². The van der Waals surface area contributed by atoms with Gasteiger partial charge in [-0.2, -0.15) is 0 Å². The zero-order valence-electron chi connectivity index (χ0n) is 25.8. The highest BCUT2D eigenvalue weighted by atomic mass is 16.6. The van der Waals surface area contributed by atoms with E-state index < -0.39 is 11.2 Å². The first kappa shape index (κ1) is 30.0. The van der Waals surface area contributed by atoms with Crippen LogP contribution in [0.2, 0.25) is 0 Å². The van der Waals surface area contributed by atoms with E-state index in [0.29, 0.717) is 5.57 Å². The normalized spacial score (nSPS) is 25.1. The quantitative estimate of drug-likeness (QED) is 0.192. The molecule has 232 valence electrons. The number of carbonyl (C=O) groups is 2. The molecule has 2 aromatic heterocycles. The molecule has 0 saturated heterocycles. The summed E-state index contributed by atoms with van der Waals surface area (Å²) in [5.74, 6) is 2.77. The molecule has 3 unspecified atom stereocenters. The zero-order valence-corrected chi connectivity index (χ0v) is 25.8. The van der Waals surface area contributed by atoms with Crippen LogP contribution in [0.15, 0.2) is 64.2 Å². The van der Waals surface area contributed by atoms with E-state index in [-0.39, 0.29) is 41.5 Å². The van der Waals surface area contributed by atoms with Crippen LogP contribution in [-0.4, -0.2) is 11.9 Å². The van der Waals surface area contributed by atoms with Crippen molar-refractivity contribution in [3.8, 4) is 0 Å². The third-order valence-corrected chi connectivity index (χ3v) is 11.3. The minimum absolute atomic E-state index is 0.0941. The summed E-state index contributed by atoms with van der Waals surface area (Å²) in [7, 11) is 0. The second-order valence-electron chi connectivity index (χ2n) is 13.7. The van der Waals surface area contributed by atoms with Crippen LogP contribution in [0, 0.1) is 23.7 Å². The second-order valence-corrected chi connectivity index (χ2v) is 13.7. The summed E-state index contributed by atoms with van der Waals surface area (Å²) in [4.78, 5) is 26.0. The predicted octanol–water partition coefficient (Wildman–Crippen LogP) is 9.27. The van der Waals surface area contributed by atoms with Crippen molar-refractivity contribution in [2.24, 2.45) is 23.7 Å². The molecule has 4 fully saturated rings. The highest BCUT2D eigenvalue weighted by Crippen LogP contribution is 2.57. The van der Waals surface area contributed by atoms with Gasteiger partial charge in [0.15, 0.2) is 11.2 Å². The lowest BCUT2D eigenvalue weighted by atomic mass is 9.72. The van der Waals surface area contributed by atoms with E-state index in [2.05, 4.69) is 25.3 Å². The molecule has 6 rings (SSSR count). The van der Waals surface area contributed by atoms with Gasteiger partial charge in [-0.25, -0.2) is 9.59 Å². The number of esters is 2. The maximum absolute atomic E-state index is 13.2.